The van der Waals surface area contributed by atoms with Crippen LogP contribution in [0.25, 0.3) is 0 Å². The highest BCUT2D eigenvalue weighted by Crippen LogP contribution is 2.82. The molecule has 200 valence electrons. The molecule has 3 saturated carbocycles. The summed E-state index contributed by atoms with van der Waals surface area (Å²) in [5.41, 5.74) is -1.80. The van der Waals surface area contributed by atoms with Crippen molar-refractivity contribution in [2.24, 2.45) is 45.8 Å². The van der Waals surface area contributed by atoms with Crippen LogP contribution in [0.3, 0.4) is 0 Å². The van der Waals surface area contributed by atoms with Crippen molar-refractivity contribution in [2.45, 2.75) is 97.4 Å². The van der Waals surface area contributed by atoms with E-state index in [0.29, 0.717) is 24.9 Å². The minimum absolute atomic E-state index is 0.0200. The van der Waals surface area contributed by atoms with Crippen LogP contribution < -0.4 is 0 Å². The van der Waals surface area contributed by atoms with Crippen molar-refractivity contribution >= 4 is 12.3 Å². The van der Waals surface area contributed by atoms with E-state index in [1.807, 2.05) is 6.92 Å². The van der Waals surface area contributed by atoms with E-state index in [-0.39, 0.29) is 48.8 Å². The zero-order valence-corrected chi connectivity index (χ0v) is 22.3. The second-order valence-corrected chi connectivity index (χ2v) is 12.9. The fourth-order valence-corrected chi connectivity index (χ4v) is 9.74. The molecule has 6 rings (SSSR count). The Morgan fingerprint density at radius 1 is 1.19 bits per heavy atom. The summed E-state index contributed by atoms with van der Waals surface area (Å²) in [5.74, 6) is 0.186. The first-order valence-electron chi connectivity index (χ1n) is 14.1. The maximum absolute atomic E-state index is 13.5. The van der Waals surface area contributed by atoms with Gasteiger partial charge in [0.2, 0.25) is 0 Å². The largest absolute Gasteiger partial charge is 0.481 e. The molecule has 0 radical (unpaired) electrons. The predicted molar refractivity (Wildman–Crippen MR) is 131 cm³/mol. The van der Waals surface area contributed by atoms with Crippen molar-refractivity contribution < 1.29 is 33.6 Å². The molecule has 6 aliphatic rings. The second kappa shape index (κ2) is 8.36. The Morgan fingerprint density at radius 2 is 1.97 bits per heavy atom. The fourth-order valence-electron chi connectivity index (χ4n) is 9.74. The molecule has 4 aliphatic carbocycles. The summed E-state index contributed by atoms with van der Waals surface area (Å²) in [5, 5.41) is 11.1. The van der Waals surface area contributed by atoms with Crippen LogP contribution in [-0.2, 0) is 28.5 Å². The molecule has 12 atom stereocenters. The van der Waals surface area contributed by atoms with E-state index in [1.54, 1.807) is 0 Å². The normalized spacial score (nSPS) is 52.2. The van der Waals surface area contributed by atoms with Gasteiger partial charge in [0.15, 0.2) is 6.29 Å². The molecule has 36 heavy (non-hydrogen) atoms. The summed E-state index contributed by atoms with van der Waals surface area (Å²) < 4.78 is 24.8. The number of hydrogen-bond acceptors (Lipinski definition) is 6. The highest BCUT2D eigenvalue weighted by atomic mass is 16.7. The van der Waals surface area contributed by atoms with Gasteiger partial charge in [-0.15, -0.1) is 0 Å². The van der Waals surface area contributed by atoms with Crippen LogP contribution >= 0.6 is 0 Å². The molecule has 0 aromatic rings. The van der Waals surface area contributed by atoms with E-state index in [4.69, 9.17) is 18.9 Å². The minimum atomic E-state index is -1.22. The van der Waals surface area contributed by atoms with Crippen LogP contribution in [0, 0.1) is 45.8 Å². The van der Waals surface area contributed by atoms with Crippen molar-refractivity contribution in [1.82, 2.24) is 0 Å². The molecule has 7 nitrogen and oxygen atoms in total. The number of carboxylic acid groups (broad SMARTS) is 1. The Kier molecular flexibility index (Phi) is 5.81. The van der Waals surface area contributed by atoms with E-state index in [2.05, 4.69) is 33.8 Å². The number of aliphatic carboxylic acids is 1. The average Bonchev–Trinajstić information content (AvgIpc) is 3.44. The molecule has 2 saturated heterocycles. The molecule has 0 spiro atoms. The summed E-state index contributed by atoms with van der Waals surface area (Å²) >= 11 is 0. The molecule has 1 N–H and O–H groups in total. The summed E-state index contributed by atoms with van der Waals surface area (Å²) in [6.07, 6.45) is 6.58. The van der Waals surface area contributed by atoms with Crippen molar-refractivity contribution in [1.29, 1.82) is 0 Å². The van der Waals surface area contributed by atoms with E-state index in [0.717, 1.165) is 37.5 Å². The molecule has 7 unspecified atom stereocenters. The summed E-state index contributed by atoms with van der Waals surface area (Å²) in [6.45, 7) is 11.4. The molecular formula is C29H42O7. The third-order valence-corrected chi connectivity index (χ3v) is 11.1. The van der Waals surface area contributed by atoms with Crippen molar-refractivity contribution in [3.8, 4) is 0 Å². The van der Waals surface area contributed by atoms with Crippen LogP contribution in [0.1, 0.15) is 66.7 Å². The van der Waals surface area contributed by atoms with Crippen molar-refractivity contribution in [2.75, 3.05) is 13.2 Å². The van der Waals surface area contributed by atoms with E-state index in [9.17, 15) is 14.7 Å². The smallest absolute Gasteiger partial charge is 0.315 e. The topological polar surface area (TPSA) is 94.6 Å². The number of epoxide rings is 1. The Bertz CT molecular complexity index is 959. The first-order chi connectivity index (χ1) is 17.2. The first kappa shape index (κ1) is 25.0. The molecule has 0 aromatic heterocycles. The number of aldehydes is 1. The lowest BCUT2D eigenvalue weighted by Crippen LogP contribution is -2.64. The van der Waals surface area contributed by atoms with Crippen LogP contribution in [-0.4, -0.2) is 61.3 Å². The highest BCUT2D eigenvalue weighted by molar-refractivity contribution is 5.90. The SMILES string of the molecule is CCCO[C@H]1[C@@H]2O[C@@H]2[C@H](OCC23CC4C(C)CCC4C4(C=O)CC2C=C(C(C)C)C43C(=O)O)O[C@@H]1C. The third kappa shape index (κ3) is 2.89. The van der Waals surface area contributed by atoms with Gasteiger partial charge in [-0.1, -0.05) is 45.8 Å². The Labute approximate surface area is 214 Å². The molecule has 5 fully saturated rings. The van der Waals surface area contributed by atoms with Gasteiger partial charge in [0.05, 0.1) is 18.1 Å². The van der Waals surface area contributed by atoms with E-state index < -0.39 is 28.5 Å². The molecule has 0 aromatic carbocycles. The number of rotatable bonds is 9. The quantitative estimate of drug-likeness (QED) is 0.286. The minimum Gasteiger partial charge on any atom is -0.481 e. The van der Waals surface area contributed by atoms with Crippen LogP contribution in [0.4, 0.5) is 0 Å². The molecule has 0 amide bonds. The lowest BCUT2D eigenvalue weighted by Gasteiger charge is -2.58. The van der Waals surface area contributed by atoms with Gasteiger partial charge < -0.3 is 28.8 Å². The Balaban J connectivity index is 1.34. The standard InChI is InChI=1S/C29H42O7/c1-6-9-33-22-17(5)35-25(24-23(22)36-24)34-14-28-12-19-16(4)7-8-20(19)27(13-30)11-18(28)10-21(15(2)3)29(27,28)26(31)32/h10,13,15-20,22-25H,6-9,11-12,14H2,1-5H3,(H,31,32)/t16?,17-,18?,19?,20?,22-,23+,24+,25-,27?,28?,29?/m1/s1. The summed E-state index contributed by atoms with van der Waals surface area (Å²) in [6, 6.07) is 0. The van der Waals surface area contributed by atoms with Gasteiger partial charge in [-0.05, 0) is 62.2 Å². The van der Waals surface area contributed by atoms with Crippen molar-refractivity contribution in [3.63, 3.8) is 0 Å². The van der Waals surface area contributed by atoms with Gasteiger partial charge in [-0.2, -0.15) is 0 Å². The monoisotopic (exact) mass is 502 g/mol. The number of hydrogen-bond donors (Lipinski definition) is 1. The number of carbonyl (C=O) groups is 2. The molecule has 7 heteroatoms. The highest BCUT2D eigenvalue weighted by Gasteiger charge is 2.84. The Hall–Kier alpha value is -1.28. The third-order valence-electron chi connectivity index (χ3n) is 11.1. The van der Waals surface area contributed by atoms with Gasteiger partial charge in [-0.3, -0.25) is 4.79 Å². The van der Waals surface area contributed by atoms with Gasteiger partial charge >= 0.3 is 5.97 Å². The summed E-state index contributed by atoms with van der Waals surface area (Å²) in [4.78, 5) is 26.7. The van der Waals surface area contributed by atoms with Gasteiger partial charge in [0.25, 0.3) is 0 Å². The van der Waals surface area contributed by atoms with E-state index in [1.165, 1.54) is 0 Å². The maximum Gasteiger partial charge on any atom is 0.315 e. The zero-order chi connectivity index (χ0) is 25.6. The van der Waals surface area contributed by atoms with Gasteiger partial charge in [-0.25, -0.2) is 0 Å². The van der Waals surface area contributed by atoms with Crippen LogP contribution in [0.15, 0.2) is 11.6 Å². The Morgan fingerprint density at radius 3 is 2.64 bits per heavy atom. The van der Waals surface area contributed by atoms with Crippen LogP contribution in [0.2, 0.25) is 0 Å². The number of fused-ring (bicyclic) bond motifs is 3. The predicted octanol–water partition coefficient (Wildman–Crippen LogP) is 4.24. The van der Waals surface area contributed by atoms with Crippen molar-refractivity contribution in [3.05, 3.63) is 11.6 Å². The number of carboxylic acids is 1. The zero-order valence-electron chi connectivity index (χ0n) is 22.3. The lowest BCUT2D eigenvalue weighted by atomic mass is 9.43. The number of carbonyl (C=O) groups excluding carboxylic acids is 1. The van der Waals surface area contributed by atoms with Crippen LogP contribution in [0.5, 0.6) is 0 Å². The first-order valence-corrected chi connectivity index (χ1v) is 14.1. The van der Waals surface area contributed by atoms with Gasteiger partial charge in [0.1, 0.15) is 30.0 Å². The molecular weight excluding hydrogens is 460 g/mol. The lowest BCUT2D eigenvalue weighted by molar-refractivity contribution is -0.239. The molecule has 4 bridgehead atoms. The average molecular weight is 503 g/mol. The molecule has 2 aliphatic heterocycles. The summed E-state index contributed by atoms with van der Waals surface area (Å²) in [7, 11) is 0. The van der Waals surface area contributed by atoms with Gasteiger partial charge in [0, 0.05) is 12.0 Å². The number of ether oxygens (including phenoxy) is 4. The molecule has 2 heterocycles. The number of allylic oxidation sites excluding steroid dienone is 1. The fraction of sp³-hybridized carbons (Fsp3) is 0.862. The second-order valence-electron chi connectivity index (χ2n) is 12.9. The van der Waals surface area contributed by atoms with E-state index >= 15 is 0 Å². The maximum atomic E-state index is 13.5.